The van der Waals surface area contributed by atoms with Gasteiger partial charge in [0.05, 0.1) is 0 Å². The zero-order valence-electron chi connectivity index (χ0n) is 12.2. The van der Waals surface area contributed by atoms with Gasteiger partial charge in [-0.1, -0.05) is 19.1 Å². The quantitative estimate of drug-likeness (QED) is 0.894. The van der Waals surface area contributed by atoms with Gasteiger partial charge in [0.2, 0.25) is 0 Å². The van der Waals surface area contributed by atoms with Crippen LogP contribution in [0.4, 0.5) is 0 Å². The summed E-state index contributed by atoms with van der Waals surface area (Å²) < 4.78 is 2.89. The number of aromatic hydroxyl groups is 1. The lowest BCUT2D eigenvalue weighted by Gasteiger charge is -2.18. The molecule has 0 aliphatic heterocycles. The molecular weight excluding hydrogens is 332 g/mol. The third-order valence-electron chi connectivity index (χ3n) is 3.25. The van der Waals surface area contributed by atoms with E-state index in [2.05, 4.69) is 22.9 Å². The molecule has 0 bridgehead atoms. The van der Waals surface area contributed by atoms with Gasteiger partial charge in [0.15, 0.2) is 0 Å². The van der Waals surface area contributed by atoms with Crippen LogP contribution < -0.4 is 0 Å². The van der Waals surface area contributed by atoms with E-state index in [0.717, 1.165) is 23.0 Å². The van der Waals surface area contributed by atoms with E-state index in [-0.39, 0.29) is 11.7 Å². The number of nitrogens with zero attached hydrogens (tertiary/aromatic N) is 2. The lowest BCUT2D eigenvalue weighted by molar-refractivity contribution is 0.0774. The zero-order valence-corrected chi connectivity index (χ0v) is 13.8. The predicted molar refractivity (Wildman–Crippen MR) is 86.3 cm³/mol. The number of benzene rings is 1. The summed E-state index contributed by atoms with van der Waals surface area (Å²) in [6.45, 7) is 3.41. The molecule has 0 aliphatic carbocycles. The standard InChI is InChI=1S/C16H19BrN2O2/c1-3-8-19-11-13(17)9-15(19)16(21)18(2)10-12-4-6-14(20)7-5-12/h4-7,9,11,20H,3,8,10H2,1-2H3. The van der Waals surface area contributed by atoms with Crippen LogP contribution in [0.5, 0.6) is 5.75 Å². The topological polar surface area (TPSA) is 45.5 Å². The highest BCUT2D eigenvalue weighted by molar-refractivity contribution is 9.10. The molecule has 0 saturated heterocycles. The Kier molecular flexibility index (Phi) is 5.07. The van der Waals surface area contributed by atoms with Crippen LogP contribution in [0.25, 0.3) is 0 Å². The van der Waals surface area contributed by atoms with Crippen molar-refractivity contribution in [2.24, 2.45) is 0 Å². The third kappa shape index (κ3) is 3.88. The summed E-state index contributed by atoms with van der Waals surface area (Å²) in [7, 11) is 1.78. The lowest BCUT2D eigenvalue weighted by atomic mass is 10.2. The van der Waals surface area contributed by atoms with Gasteiger partial charge in [0.1, 0.15) is 11.4 Å². The predicted octanol–water partition coefficient (Wildman–Crippen LogP) is 3.64. The molecule has 1 amide bonds. The highest BCUT2D eigenvalue weighted by atomic mass is 79.9. The molecule has 1 aromatic heterocycles. The Morgan fingerprint density at radius 2 is 2.00 bits per heavy atom. The summed E-state index contributed by atoms with van der Waals surface area (Å²) in [6.07, 6.45) is 2.91. The number of phenolic OH excluding ortho intramolecular Hbond substituents is 1. The fraction of sp³-hybridized carbons (Fsp3) is 0.312. The van der Waals surface area contributed by atoms with Gasteiger partial charge in [-0.3, -0.25) is 4.79 Å². The average molecular weight is 351 g/mol. The smallest absolute Gasteiger partial charge is 0.270 e. The van der Waals surface area contributed by atoms with Gasteiger partial charge in [-0.25, -0.2) is 0 Å². The molecule has 21 heavy (non-hydrogen) atoms. The first-order chi connectivity index (χ1) is 10.0. The van der Waals surface area contributed by atoms with Crippen molar-refractivity contribution in [1.82, 2.24) is 9.47 Å². The van der Waals surface area contributed by atoms with Crippen LogP contribution in [0, 0.1) is 0 Å². The molecule has 1 heterocycles. The van der Waals surface area contributed by atoms with Crippen molar-refractivity contribution in [3.05, 3.63) is 52.3 Å². The number of carbonyl (C=O) groups excluding carboxylic acids is 1. The van der Waals surface area contributed by atoms with Crippen LogP contribution in [0.2, 0.25) is 0 Å². The third-order valence-corrected chi connectivity index (χ3v) is 3.68. The molecule has 0 radical (unpaired) electrons. The number of aromatic nitrogens is 1. The molecule has 1 N–H and O–H groups in total. The Hall–Kier alpha value is -1.75. The molecule has 5 heteroatoms. The number of hydrogen-bond donors (Lipinski definition) is 1. The average Bonchev–Trinajstić information content (AvgIpc) is 2.82. The van der Waals surface area contributed by atoms with Crippen LogP contribution in [0.3, 0.4) is 0 Å². The summed E-state index contributed by atoms with van der Waals surface area (Å²) in [5.41, 5.74) is 1.67. The van der Waals surface area contributed by atoms with Crippen molar-refractivity contribution >= 4 is 21.8 Å². The number of rotatable bonds is 5. The second-order valence-electron chi connectivity index (χ2n) is 5.06. The maximum Gasteiger partial charge on any atom is 0.270 e. The molecule has 2 rings (SSSR count). The number of halogens is 1. The molecule has 0 fully saturated rings. The molecule has 2 aromatic rings. The Balaban J connectivity index is 2.13. The van der Waals surface area contributed by atoms with E-state index in [0.29, 0.717) is 12.2 Å². The van der Waals surface area contributed by atoms with E-state index < -0.39 is 0 Å². The number of hydrogen-bond acceptors (Lipinski definition) is 2. The van der Waals surface area contributed by atoms with Crippen molar-refractivity contribution in [3.8, 4) is 5.75 Å². The molecule has 1 aromatic carbocycles. The van der Waals surface area contributed by atoms with Crippen LogP contribution in [-0.4, -0.2) is 27.5 Å². The van der Waals surface area contributed by atoms with Gasteiger partial charge in [-0.05, 0) is 46.1 Å². The highest BCUT2D eigenvalue weighted by Crippen LogP contribution is 2.18. The molecule has 0 aliphatic rings. The number of phenols is 1. The van der Waals surface area contributed by atoms with Gasteiger partial charge >= 0.3 is 0 Å². The van der Waals surface area contributed by atoms with E-state index in [1.165, 1.54) is 0 Å². The number of aryl methyl sites for hydroxylation is 1. The van der Waals surface area contributed by atoms with E-state index in [1.54, 1.807) is 24.1 Å². The Bertz CT molecular complexity index is 620. The number of carbonyl (C=O) groups is 1. The SMILES string of the molecule is CCCn1cc(Br)cc1C(=O)N(C)Cc1ccc(O)cc1. The maximum atomic E-state index is 12.6. The minimum Gasteiger partial charge on any atom is -0.508 e. The van der Waals surface area contributed by atoms with Gasteiger partial charge in [0.25, 0.3) is 5.91 Å². The molecule has 4 nitrogen and oxygen atoms in total. The molecule has 112 valence electrons. The largest absolute Gasteiger partial charge is 0.508 e. The van der Waals surface area contributed by atoms with Crippen LogP contribution in [0.1, 0.15) is 29.4 Å². The van der Waals surface area contributed by atoms with Crippen molar-refractivity contribution in [1.29, 1.82) is 0 Å². The van der Waals surface area contributed by atoms with E-state index in [4.69, 9.17) is 0 Å². The van der Waals surface area contributed by atoms with Crippen LogP contribution >= 0.6 is 15.9 Å². The fourth-order valence-corrected chi connectivity index (χ4v) is 2.69. The lowest BCUT2D eigenvalue weighted by Crippen LogP contribution is -2.28. The molecule has 0 atom stereocenters. The molecular formula is C16H19BrN2O2. The zero-order chi connectivity index (χ0) is 15.4. The van der Waals surface area contributed by atoms with Crippen LogP contribution in [0.15, 0.2) is 41.0 Å². The Labute approximate surface area is 133 Å². The van der Waals surface area contributed by atoms with E-state index in [9.17, 15) is 9.90 Å². The summed E-state index contributed by atoms with van der Waals surface area (Å²) >= 11 is 3.43. The number of amides is 1. The Morgan fingerprint density at radius 3 is 2.62 bits per heavy atom. The molecule has 0 unspecified atom stereocenters. The van der Waals surface area contributed by atoms with E-state index >= 15 is 0 Å². The fourth-order valence-electron chi connectivity index (χ4n) is 2.22. The molecule has 0 spiro atoms. The van der Waals surface area contributed by atoms with Gasteiger partial charge in [-0.15, -0.1) is 0 Å². The minimum atomic E-state index is -0.0118. The minimum absolute atomic E-state index is 0.0118. The monoisotopic (exact) mass is 350 g/mol. The second kappa shape index (κ2) is 6.80. The van der Waals surface area contributed by atoms with Gasteiger partial charge < -0.3 is 14.6 Å². The van der Waals surface area contributed by atoms with Gasteiger partial charge in [0, 0.05) is 30.8 Å². The van der Waals surface area contributed by atoms with Crippen LogP contribution in [-0.2, 0) is 13.1 Å². The van der Waals surface area contributed by atoms with Crippen molar-refractivity contribution < 1.29 is 9.90 Å². The maximum absolute atomic E-state index is 12.6. The molecule has 0 saturated carbocycles. The summed E-state index contributed by atoms with van der Waals surface area (Å²) in [6, 6.07) is 8.75. The van der Waals surface area contributed by atoms with Gasteiger partial charge in [-0.2, -0.15) is 0 Å². The first-order valence-corrected chi connectivity index (χ1v) is 7.69. The Morgan fingerprint density at radius 1 is 1.33 bits per heavy atom. The normalized spacial score (nSPS) is 10.6. The van der Waals surface area contributed by atoms with Crippen molar-refractivity contribution in [2.45, 2.75) is 26.4 Å². The van der Waals surface area contributed by atoms with Crippen molar-refractivity contribution in [3.63, 3.8) is 0 Å². The summed E-state index contributed by atoms with van der Waals surface area (Å²) in [4.78, 5) is 14.2. The van der Waals surface area contributed by atoms with Crippen molar-refractivity contribution in [2.75, 3.05) is 7.05 Å². The highest BCUT2D eigenvalue weighted by Gasteiger charge is 2.17. The first-order valence-electron chi connectivity index (χ1n) is 6.90. The second-order valence-corrected chi connectivity index (χ2v) is 5.98. The summed E-state index contributed by atoms with van der Waals surface area (Å²) in [5.74, 6) is 0.218. The first kappa shape index (κ1) is 15.6. The summed E-state index contributed by atoms with van der Waals surface area (Å²) in [5, 5.41) is 9.29. The van der Waals surface area contributed by atoms with E-state index in [1.807, 2.05) is 29.0 Å².